The van der Waals surface area contributed by atoms with Crippen molar-refractivity contribution in [2.75, 3.05) is 20.2 Å². The molecule has 6 nitrogen and oxygen atoms in total. The summed E-state index contributed by atoms with van der Waals surface area (Å²) in [5, 5.41) is 4.83. The minimum absolute atomic E-state index is 0.0558. The molecule has 1 saturated heterocycles. The van der Waals surface area contributed by atoms with Crippen LogP contribution in [0, 0.1) is 6.92 Å². The van der Waals surface area contributed by atoms with Gasteiger partial charge in [0.15, 0.2) is 0 Å². The highest BCUT2D eigenvalue weighted by Crippen LogP contribution is 2.26. The zero-order valence-corrected chi connectivity index (χ0v) is 20.9. The van der Waals surface area contributed by atoms with Crippen molar-refractivity contribution in [3.63, 3.8) is 0 Å². The van der Waals surface area contributed by atoms with Crippen molar-refractivity contribution in [2.24, 2.45) is 0 Å². The summed E-state index contributed by atoms with van der Waals surface area (Å²) in [6.07, 6.45) is 9.03. The van der Waals surface area contributed by atoms with Crippen LogP contribution in [0.1, 0.15) is 72.3 Å². The highest BCUT2D eigenvalue weighted by Gasteiger charge is 2.28. The minimum Gasteiger partial charge on any atom is -0.467 e. The number of amides is 1. The number of halogens is 2. The smallest absolute Gasteiger partial charge is 0.317 e. The molecule has 2 aliphatic rings. The van der Waals surface area contributed by atoms with Crippen molar-refractivity contribution < 1.29 is 9.53 Å². The van der Waals surface area contributed by atoms with Crippen molar-refractivity contribution in [2.45, 2.75) is 70.4 Å². The van der Waals surface area contributed by atoms with Crippen molar-refractivity contribution in [1.82, 2.24) is 20.2 Å². The van der Waals surface area contributed by atoms with E-state index < -0.39 is 0 Å². The number of aromatic nitrogens is 2. The van der Waals surface area contributed by atoms with Crippen molar-refractivity contribution >= 4 is 29.1 Å². The van der Waals surface area contributed by atoms with Gasteiger partial charge < -0.3 is 15.0 Å². The van der Waals surface area contributed by atoms with Crippen LogP contribution < -0.4 is 10.1 Å². The molecular weight excluding hydrogens is 459 g/mol. The molecule has 33 heavy (non-hydrogen) atoms. The summed E-state index contributed by atoms with van der Waals surface area (Å²) in [6, 6.07) is 6.83. The lowest BCUT2D eigenvalue weighted by Gasteiger charge is -2.35. The Balaban J connectivity index is 1.45. The van der Waals surface area contributed by atoms with Gasteiger partial charge in [0.25, 0.3) is 5.91 Å². The summed E-state index contributed by atoms with van der Waals surface area (Å²) in [6.45, 7) is 3.37. The Kier molecular flexibility index (Phi) is 8.10. The van der Waals surface area contributed by atoms with E-state index in [-0.39, 0.29) is 11.9 Å². The number of likely N-dealkylation sites (tertiary alicyclic amines) is 1. The van der Waals surface area contributed by atoms with E-state index in [0.717, 1.165) is 42.8 Å². The number of hydrogen-bond acceptors (Lipinski definition) is 5. The second-order valence-electron chi connectivity index (χ2n) is 9.12. The van der Waals surface area contributed by atoms with Crippen LogP contribution in [0.3, 0.4) is 0 Å². The fraction of sp³-hybridized carbons (Fsp3) is 0.560. The number of hydrogen-bond donors (Lipinski definition) is 1. The number of carbonyl (C=O) groups is 1. The molecule has 1 saturated carbocycles. The molecule has 1 aliphatic carbocycles. The highest BCUT2D eigenvalue weighted by molar-refractivity contribution is 6.42. The maximum atomic E-state index is 13.4. The SMILES string of the molecule is COc1nc(Cc2ccc(Cl)c(Cl)c2)c(C)c(C(=O)N2CCC(NC3CCCCC3)CC2)n1. The average molecular weight is 491 g/mol. The maximum absolute atomic E-state index is 13.4. The van der Waals surface area contributed by atoms with Gasteiger partial charge in [-0.15, -0.1) is 0 Å². The van der Waals surface area contributed by atoms with Crippen LogP contribution in [0.4, 0.5) is 0 Å². The molecule has 0 bridgehead atoms. The molecule has 4 rings (SSSR count). The molecule has 178 valence electrons. The summed E-state index contributed by atoms with van der Waals surface area (Å²) in [5.41, 5.74) is 2.89. The summed E-state index contributed by atoms with van der Waals surface area (Å²) >= 11 is 12.2. The maximum Gasteiger partial charge on any atom is 0.317 e. The molecule has 1 N–H and O–H groups in total. The van der Waals surface area contributed by atoms with Gasteiger partial charge in [0, 0.05) is 37.2 Å². The average Bonchev–Trinajstić information content (AvgIpc) is 2.83. The number of carbonyl (C=O) groups excluding carboxylic acids is 1. The van der Waals surface area contributed by atoms with E-state index in [4.69, 9.17) is 27.9 Å². The largest absolute Gasteiger partial charge is 0.467 e. The fourth-order valence-electron chi connectivity index (χ4n) is 4.86. The lowest BCUT2D eigenvalue weighted by atomic mass is 9.93. The predicted octanol–water partition coefficient (Wildman–Crippen LogP) is 5.22. The normalized spacial score (nSPS) is 17.9. The summed E-state index contributed by atoms with van der Waals surface area (Å²) in [5.74, 6) is -0.0558. The van der Waals surface area contributed by atoms with Crippen molar-refractivity contribution in [3.8, 4) is 6.01 Å². The second kappa shape index (κ2) is 11.0. The Bertz CT molecular complexity index is 987. The van der Waals surface area contributed by atoms with Gasteiger partial charge in [0.05, 0.1) is 22.8 Å². The van der Waals surface area contributed by atoms with Crippen molar-refractivity contribution in [1.29, 1.82) is 0 Å². The molecule has 2 heterocycles. The topological polar surface area (TPSA) is 67.3 Å². The molecule has 2 aromatic rings. The molecular formula is C25H32Cl2N4O2. The predicted molar refractivity (Wildman–Crippen MR) is 132 cm³/mol. The van der Waals surface area contributed by atoms with Crippen LogP contribution in [0.15, 0.2) is 18.2 Å². The fourth-order valence-corrected chi connectivity index (χ4v) is 5.18. The highest BCUT2D eigenvalue weighted by atomic mass is 35.5. The van der Waals surface area contributed by atoms with Gasteiger partial charge in [-0.25, -0.2) is 0 Å². The molecule has 0 spiro atoms. The van der Waals surface area contributed by atoms with Crippen LogP contribution in [0.5, 0.6) is 6.01 Å². The first-order chi connectivity index (χ1) is 15.9. The first-order valence-corrected chi connectivity index (χ1v) is 12.6. The summed E-state index contributed by atoms with van der Waals surface area (Å²) in [4.78, 5) is 24.3. The lowest BCUT2D eigenvalue weighted by molar-refractivity contribution is 0.0691. The van der Waals surface area contributed by atoms with E-state index in [9.17, 15) is 4.79 Å². The van der Waals surface area contributed by atoms with Gasteiger partial charge >= 0.3 is 6.01 Å². The van der Waals surface area contributed by atoms with Gasteiger partial charge in [-0.1, -0.05) is 48.5 Å². The quantitative estimate of drug-likeness (QED) is 0.601. The number of piperidine rings is 1. The Morgan fingerprint density at radius 2 is 1.76 bits per heavy atom. The molecule has 0 unspecified atom stereocenters. The van der Waals surface area contributed by atoms with Gasteiger partial charge in [0.2, 0.25) is 0 Å². The van der Waals surface area contributed by atoms with Gasteiger partial charge in [0.1, 0.15) is 5.69 Å². The van der Waals surface area contributed by atoms with Crippen LogP contribution >= 0.6 is 23.2 Å². The van der Waals surface area contributed by atoms with Crippen LogP contribution in [0.25, 0.3) is 0 Å². The number of ether oxygens (including phenoxy) is 1. The first-order valence-electron chi connectivity index (χ1n) is 11.9. The number of methoxy groups -OCH3 is 1. The van der Waals surface area contributed by atoms with Gasteiger partial charge in [-0.05, 0) is 50.3 Å². The molecule has 1 amide bonds. The van der Waals surface area contributed by atoms with Crippen LogP contribution in [-0.2, 0) is 6.42 Å². The molecule has 2 fully saturated rings. The molecule has 0 radical (unpaired) electrons. The van der Waals surface area contributed by atoms with Crippen LogP contribution in [-0.4, -0.2) is 53.1 Å². The zero-order chi connectivity index (χ0) is 23.4. The first kappa shape index (κ1) is 24.2. The third-order valence-corrected chi connectivity index (χ3v) is 7.56. The number of nitrogens with zero attached hydrogens (tertiary/aromatic N) is 3. The third kappa shape index (κ3) is 5.97. The monoisotopic (exact) mass is 490 g/mol. The zero-order valence-electron chi connectivity index (χ0n) is 19.4. The van der Waals surface area contributed by atoms with E-state index in [1.54, 1.807) is 6.07 Å². The summed E-state index contributed by atoms with van der Waals surface area (Å²) in [7, 11) is 1.52. The Hall–Kier alpha value is -1.89. The molecule has 0 atom stereocenters. The van der Waals surface area contributed by atoms with Crippen molar-refractivity contribution in [3.05, 3.63) is 50.8 Å². The second-order valence-corrected chi connectivity index (χ2v) is 9.94. The van der Waals surface area contributed by atoms with E-state index in [1.807, 2.05) is 24.0 Å². The number of benzene rings is 1. The molecule has 1 aromatic heterocycles. The molecule has 1 aliphatic heterocycles. The Morgan fingerprint density at radius 3 is 2.42 bits per heavy atom. The summed E-state index contributed by atoms with van der Waals surface area (Å²) < 4.78 is 5.32. The number of nitrogens with one attached hydrogen (secondary N) is 1. The standard InChI is InChI=1S/C25H32Cl2N4O2/c1-16-22(15-17-8-9-20(26)21(27)14-17)29-25(33-2)30-23(16)24(32)31-12-10-19(11-13-31)28-18-6-4-3-5-7-18/h8-9,14,18-19,28H,3-7,10-13,15H2,1-2H3. The Morgan fingerprint density at radius 1 is 1.06 bits per heavy atom. The van der Waals surface area contributed by atoms with E-state index in [0.29, 0.717) is 34.2 Å². The Labute approximate surface area is 206 Å². The van der Waals surface area contributed by atoms with E-state index in [2.05, 4.69) is 15.3 Å². The minimum atomic E-state index is -0.0558. The molecule has 8 heteroatoms. The van der Waals surface area contributed by atoms with E-state index in [1.165, 1.54) is 39.2 Å². The van der Waals surface area contributed by atoms with E-state index >= 15 is 0 Å². The van der Waals surface area contributed by atoms with Gasteiger partial charge in [-0.2, -0.15) is 9.97 Å². The molecule has 1 aromatic carbocycles. The number of rotatable bonds is 6. The third-order valence-electron chi connectivity index (χ3n) is 6.83. The van der Waals surface area contributed by atoms with Crippen LogP contribution in [0.2, 0.25) is 10.0 Å². The van der Waals surface area contributed by atoms with Gasteiger partial charge in [-0.3, -0.25) is 4.79 Å². The lowest BCUT2D eigenvalue weighted by Crippen LogP contribution is -2.48.